The topological polar surface area (TPSA) is 114 Å². The smallest absolute Gasteiger partial charge is 0.189 e. The molecule has 0 amide bonds. The molecule has 1 saturated heterocycles. The second-order valence-corrected chi connectivity index (χ2v) is 5.24. The van der Waals surface area contributed by atoms with Gasteiger partial charge in [0, 0.05) is 11.8 Å². The normalized spacial score (nSPS) is 30.2. The Labute approximate surface area is 116 Å². The fraction of sp³-hybridized carbons (Fsp3) is 0.500. The number of aromatic nitrogens is 3. The molecule has 0 spiro atoms. The highest BCUT2D eigenvalue weighted by molar-refractivity contribution is 6.29. The van der Waals surface area contributed by atoms with Gasteiger partial charge in [-0.2, -0.15) is 0 Å². The lowest BCUT2D eigenvalue weighted by atomic mass is 10.0. The zero-order chi connectivity index (χ0) is 14.4. The van der Waals surface area contributed by atoms with Gasteiger partial charge in [0.05, 0.1) is 47.2 Å². The molecule has 8 heteroatoms. The van der Waals surface area contributed by atoms with E-state index in [-0.39, 0.29) is 6.61 Å². The number of nitrogens with zero attached hydrogens (tertiary/aromatic N) is 2. The molecule has 0 radical (unpaired) electrons. The number of nitrogens with one attached hydrogen (secondary N) is 2. The maximum atomic E-state index is 10.1. The minimum Gasteiger partial charge on any atom is -0.395 e. The molecule has 4 atom stereocenters. The summed E-state index contributed by atoms with van der Waals surface area (Å²) in [5.74, 6) is 0. The summed E-state index contributed by atoms with van der Waals surface area (Å²) in [5, 5.41) is 32.3. The van der Waals surface area contributed by atoms with E-state index in [1.165, 1.54) is 0 Å². The standard InChI is InChI=1S/C12H17BN4O3/c1-4-7-8(17-12(13)15-4)5(2-14-7)9-11(20)10(19)6(3-18)16-9/h2,6,9-11,14,16,18-20H,3,13H2,1H3. The molecule has 3 heterocycles. The number of rotatable bonds is 2. The molecular weight excluding hydrogens is 259 g/mol. The number of hydrogen-bond acceptors (Lipinski definition) is 6. The van der Waals surface area contributed by atoms with Crippen LogP contribution in [0.2, 0.25) is 0 Å². The summed E-state index contributed by atoms with van der Waals surface area (Å²) in [6, 6.07) is -1.01. The third-order valence-corrected chi connectivity index (χ3v) is 3.88. The van der Waals surface area contributed by atoms with Crippen LogP contribution < -0.4 is 11.0 Å². The van der Waals surface area contributed by atoms with E-state index >= 15 is 0 Å². The first-order valence-electron chi connectivity index (χ1n) is 6.58. The number of aryl methyl sites for hydroxylation is 1. The molecule has 2 aromatic heterocycles. The Hall–Kier alpha value is -1.48. The summed E-state index contributed by atoms with van der Waals surface area (Å²) in [5.41, 5.74) is 3.82. The SMILES string of the molecule is Bc1nc(C)c2[nH]cc(C3NC(CO)C(O)C3O)c2n1. The Kier molecular flexibility index (Phi) is 3.25. The largest absolute Gasteiger partial charge is 0.395 e. The van der Waals surface area contributed by atoms with Gasteiger partial charge >= 0.3 is 0 Å². The number of hydrogen-bond donors (Lipinski definition) is 5. The van der Waals surface area contributed by atoms with Crippen molar-refractivity contribution in [3.63, 3.8) is 0 Å². The Morgan fingerprint density at radius 3 is 2.70 bits per heavy atom. The van der Waals surface area contributed by atoms with Gasteiger partial charge in [0.15, 0.2) is 7.85 Å². The van der Waals surface area contributed by atoms with Crippen molar-refractivity contribution in [1.29, 1.82) is 0 Å². The fourth-order valence-corrected chi connectivity index (χ4v) is 2.85. The number of aliphatic hydroxyl groups is 3. The zero-order valence-corrected chi connectivity index (χ0v) is 11.3. The molecule has 4 unspecified atom stereocenters. The van der Waals surface area contributed by atoms with Gasteiger partial charge in [-0.05, 0) is 6.92 Å². The van der Waals surface area contributed by atoms with Gasteiger partial charge < -0.3 is 25.6 Å². The van der Waals surface area contributed by atoms with Crippen LogP contribution in [0.3, 0.4) is 0 Å². The molecule has 0 saturated carbocycles. The molecule has 0 aromatic carbocycles. The number of aromatic amines is 1. The van der Waals surface area contributed by atoms with Crippen LogP contribution in [0.15, 0.2) is 6.20 Å². The molecule has 1 fully saturated rings. The molecule has 0 aliphatic carbocycles. The lowest BCUT2D eigenvalue weighted by Crippen LogP contribution is -2.35. The Bertz CT molecular complexity index is 647. The molecule has 20 heavy (non-hydrogen) atoms. The van der Waals surface area contributed by atoms with Gasteiger partial charge in [0.25, 0.3) is 0 Å². The average molecular weight is 276 g/mol. The predicted octanol–water partition coefficient (Wildman–Crippen LogP) is -2.75. The van der Waals surface area contributed by atoms with Crippen LogP contribution in [0.25, 0.3) is 11.0 Å². The monoisotopic (exact) mass is 276 g/mol. The van der Waals surface area contributed by atoms with Crippen molar-refractivity contribution in [3.05, 3.63) is 17.5 Å². The molecule has 5 N–H and O–H groups in total. The Balaban J connectivity index is 2.07. The Morgan fingerprint density at radius 2 is 2.05 bits per heavy atom. The average Bonchev–Trinajstić information content (AvgIpc) is 2.93. The van der Waals surface area contributed by atoms with Crippen LogP contribution in [-0.2, 0) is 0 Å². The number of aliphatic hydroxyl groups excluding tert-OH is 3. The quantitative estimate of drug-likeness (QED) is 0.380. The maximum absolute atomic E-state index is 10.1. The first kappa shape index (κ1) is 13.5. The van der Waals surface area contributed by atoms with E-state index in [1.54, 1.807) is 6.20 Å². The van der Waals surface area contributed by atoms with Crippen molar-refractivity contribution < 1.29 is 15.3 Å². The summed E-state index contributed by atoms with van der Waals surface area (Å²) >= 11 is 0. The van der Waals surface area contributed by atoms with Gasteiger partial charge in [-0.1, -0.05) is 0 Å². The predicted molar refractivity (Wildman–Crippen MR) is 75.6 cm³/mol. The Morgan fingerprint density at radius 1 is 1.30 bits per heavy atom. The van der Waals surface area contributed by atoms with Crippen molar-refractivity contribution in [3.8, 4) is 0 Å². The van der Waals surface area contributed by atoms with E-state index < -0.39 is 24.3 Å². The first-order valence-corrected chi connectivity index (χ1v) is 6.58. The highest BCUT2D eigenvalue weighted by atomic mass is 16.3. The van der Waals surface area contributed by atoms with Crippen molar-refractivity contribution >= 4 is 24.6 Å². The van der Waals surface area contributed by atoms with Gasteiger partial charge in [-0.3, -0.25) is 0 Å². The highest BCUT2D eigenvalue weighted by Gasteiger charge is 2.42. The van der Waals surface area contributed by atoms with E-state index in [1.807, 2.05) is 14.8 Å². The second kappa shape index (κ2) is 4.82. The summed E-state index contributed by atoms with van der Waals surface area (Å²) in [7, 11) is 1.81. The van der Waals surface area contributed by atoms with Crippen molar-refractivity contribution in [2.45, 2.75) is 31.2 Å². The van der Waals surface area contributed by atoms with Crippen LogP contribution in [0.1, 0.15) is 17.3 Å². The highest BCUT2D eigenvalue weighted by Crippen LogP contribution is 2.31. The van der Waals surface area contributed by atoms with Crippen LogP contribution in [0.5, 0.6) is 0 Å². The zero-order valence-electron chi connectivity index (χ0n) is 11.3. The van der Waals surface area contributed by atoms with E-state index in [9.17, 15) is 15.3 Å². The molecular formula is C12H17BN4O3. The molecule has 3 rings (SSSR count). The minimum atomic E-state index is -1.00. The minimum absolute atomic E-state index is 0.232. The molecule has 0 bridgehead atoms. The molecule has 1 aliphatic heterocycles. The van der Waals surface area contributed by atoms with Crippen LogP contribution in [0.4, 0.5) is 0 Å². The molecule has 2 aromatic rings. The van der Waals surface area contributed by atoms with Gasteiger partial charge in [0.2, 0.25) is 0 Å². The summed E-state index contributed by atoms with van der Waals surface area (Å²) in [6.45, 7) is 1.66. The van der Waals surface area contributed by atoms with Gasteiger partial charge in [0.1, 0.15) is 6.10 Å². The van der Waals surface area contributed by atoms with Crippen LogP contribution in [0, 0.1) is 6.92 Å². The summed E-state index contributed by atoms with van der Waals surface area (Å²) in [4.78, 5) is 11.8. The lowest BCUT2D eigenvalue weighted by Gasteiger charge is -2.15. The fourth-order valence-electron chi connectivity index (χ4n) is 2.85. The third-order valence-electron chi connectivity index (χ3n) is 3.88. The molecule has 1 aliphatic rings. The van der Waals surface area contributed by atoms with Crippen molar-refractivity contribution in [2.24, 2.45) is 0 Å². The summed E-state index contributed by atoms with van der Waals surface area (Å²) < 4.78 is 0. The lowest BCUT2D eigenvalue weighted by molar-refractivity contribution is 0.0196. The van der Waals surface area contributed by atoms with Gasteiger partial charge in [-0.25, -0.2) is 9.97 Å². The molecule has 106 valence electrons. The van der Waals surface area contributed by atoms with Gasteiger partial charge in [-0.15, -0.1) is 0 Å². The van der Waals surface area contributed by atoms with E-state index in [0.29, 0.717) is 5.72 Å². The van der Waals surface area contributed by atoms with Crippen LogP contribution in [-0.4, -0.2) is 63.0 Å². The second-order valence-electron chi connectivity index (χ2n) is 5.24. The first-order chi connectivity index (χ1) is 9.52. The molecule has 7 nitrogen and oxygen atoms in total. The van der Waals surface area contributed by atoms with E-state index in [0.717, 1.165) is 22.3 Å². The van der Waals surface area contributed by atoms with E-state index in [2.05, 4.69) is 20.3 Å². The third kappa shape index (κ3) is 1.92. The van der Waals surface area contributed by atoms with E-state index in [4.69, 9.17) is 0 Å². The number of fused-ring (bicyclic) bond motifs is 1. The van der Waals surface area contributed by atoms with Crippen molar-refractivity contribution in [1.82, 2.24) is 20.3 Å². The van der Waals surface area contributed by atoms with Crippen molar-refractivity contribution in [2.75, 3.05) is 6.61 Å². The maximum Gasteiger partial charge on any atom is 0.189 e. The number of H-pyrrole nitrogens is 1. The summed E-state index contributed by atoms with van der Waals surface area (Å²) in [6.07, 6.45) is -0.222. The van der Waals surface area contributed by atoms with Crippen LogP contribution >= 0.6 is 0 Å².